The lowest BCUT2D eigenvalue weighted by atomic mass is 9.89. The fourth-order valence-electron chi connectivity index (χ4n) is 3.60. The highest BCUT2D eigenvalue weighted by molar-refractivity contribution is 5.83. The lowest BCUT2D eigenvalue weighted by Crippen LogP contribution is -2.14. The molecule has 1 N–H and O–H groups in total. The number of hydrogen-bond acceptors (Lipinski definition) is 4. The predicted octanol–water partition coefficient (Wildman–Crippen LogP) is 4.59. The van der Waals surface area contributed by atoms with E-state index in [4.69, 9.17) is 0 Å². The van der Waals surface area contributed by atoms with Gasteiger partial charge in [0.15, 0.2) is 0 Å². The molecule has 1 fully saturated rings. The first kappa shape index (κ1) is 21.9. The van der Waals surface area contributed by atoms with Crippen molar-refractivity contribution in [2.75, 3.05) is 7.11 Å². The van der Waals surface area contributed by atoms with Gasteiger partial charge in [-0.25, -0.2) is 0 Å². The van der Waals surface area contributed by atoms with Crippen molar-refractivity contribution in [3.05, 3.63) is 12.2 Å². The standard InChI is InChI=1S/C21H36O4/c1-3-4-7-10-18(22)15-13-17-14-16-20(23)19(17)11-8-5-6-9-12-21(24)25-2/h13,15,17-19,22H,3-12,14,16H2,1-2H3/b15-13+/t17-,18-,19?/m0/s1. The van der Waals surface area contributed by atoms with Gasteiger partial charge in [0.05, 0.1) is 13.2 Å². The number of ether oxygens (including phenoxy) is 1. The number of rotatable bonds is 13. The smallest absolute Gasteiger partial charge is 0.305 e. The maximum atomic E-state index is 12.1. The van der Waals surface area contributed by atoms with Crippen molar-refractivity contribution in [2.45, 2.75) is 90.1 Å². The van der Waals surface area contributed by atoms with E-state index < -0.39 is 0 Å². The summed E-state index contributed by atoms with van der Waals surface area (Å²) < 4.78 is 4.63. The first-order valence-corrected chi connectivity index (χ1v) is 10.0. The summed E-state index contributed by atoms with van der Waals surface area (Å²) in [6.07, 6.45) is 14.8. The summed E-state index contributed by atoms with van der Waals surface area (Å²) in [6, 6.07) is 0. The molecule has 1 aliphatic rings. The van der Waals surface area contributed by atoms with E-state index in [1.807, 2.05) is 6.08 Å². The Hall–Kier alpha value is -1.16. The van der Waals surface area contributed by atoms with Crippen LogP contribution >= 0.6 is 0 Å². The molecule has 1 aliphatic carbocycles. The van der Waals surface area contributed by atoms with Crippen LogP contribution in [0.25, 0.3) is 0 Å². The van der Waals surface area contributed by atoms with Crippen LogP contribution in [0, 0.1) is 11.8 Å². The second-order valence-corrected chi connectivity index (χ2v) is 7.25. The molecule has 4 heteroatoms. The quantitative estimate of drug-likeness (QED) is 0.299. The van der Waals surface area contributed by atoms with Gasteiger partial charge in [0.25, 0.3) is 0 Å². The average Bonchev–Trinajstić information content (AvgIpc) is 2.96. The Bertz CT molecular complexity index is 416. The number of unbranched alkanes of at least 4 members (excludes halogenated alkanes) is 5. The number of carbonyl (C=O) groups excluding carboxylic acids is 2. The van der Waals surface area contributed by atoms with Crippen LogP contribution in [0.3, 0.4) is 0 Å². The number of hydrogen-bond donors (Lipinski definition) is 1. The number of allylic oxidation sites excluding steroid dienone is 1. The molecule has 0 radical (unpaired) electrons. The Morgan fingerprint density at radius 2 is 2.00 bits per heavy atom. The van der Waals surface area contributed by atoms with Crippen molar-refractivity contribution >= 4 is 11.8 Å². The van der Waals surface area contributed by atoms with E-state index in [9.17, 15) is 14.7 Å². The van der Waals surface area contributed by atoms with E-state index in [-0.39, 0.29) is 18.0 Å². The van der Waals surface area contributed by atoms with Gasteiger partial charge in [0.1, 0.15) is 5.78 Å². The molecule has 25 heavy (non-hydrogen) atoms. The zero-order valence-electron chi connectivity index (χ0n) is 16.0. The highest BCUT2D eigenvalue weighted by Gasteiger charge is 2.32. The maximum absolute atomic E-state index is 12.1. The van der Waals surface area contributed by atoms with Gasteiger partial charge in [-0.15, -0.1) is 0 Å². The largest absolute Gasteiger partial charge is 0.469 e. The highest BCUT2D eigenvalue weighted by atomic mass is 16.5. The van der Waals surface area contributed by atoms with Gasteiger partial charge in [-0.1, -0.05) is 57.6 Å². The monoisotopic (exact) mass is 352 g/mol. The molecule has 0 saturated heterocycles. The minimum Gasteiger partial charge on any atom is -0.469 e. The number of methoxy groups -OCH3 is 1. The van der Waals surface area contributed by atoms with E-state index in [2.05, 4.69) is 17.7 Å². The van der Waals surface area contributed by atoms with Gasteiger partial charge < -0.3 is 9.84 Å². The second kappa shape index (κ2) is 13.1. The summed E-state index contributed by atoms with van der Waals surface area (Å²) in [5.41, 5.74) is 0. The van der Waals surface area contributed by atoms with Crippen molar-refractivity contribution in [3.8, 4) is 0 Å². The molecule has 1 rings (SSSR count). The van der Waals surface area contributed by atoms with Crippen molar-refractivity contribution in [1.29, 1.82) is 0 Å². The first-order chi connectivity index (χ1) is 12.1. The summed E-state index contributed by atoms with van der Waals surface area (Å²) in [5.74, 6) is 0.654. The average molecular weight is 353 g/mol. The molecule has 1 saturated carbocycles. The van der Waals surface area contributed by atoms with Crippen LogP contribution in [0.4, 0.5) is 0 Å². The fourth-order valence-corrected chi connectivity index (χ4v) is 3.60. The van der Waals surface area contributed by atoms with Crippen molar-refractivity contribution in [3.63, 3.8) is 0 Å². The van der Waals surface area contributed by atoms with Gasteiger partial charge in [0, 0.05) is 18.8 Å². The van der Waals surface area contributed by atoms with Gasteiger partial charge in [-0.2, -0.15) is 0 Å². The van der Waals surface area contributed by atoms with E-state index in [1.54, 1.807) is 0 Å². The number of esters is 1. The minimum atomic E-state index is -0.374. The Morgan fingerprint density at radius 3 is 2.72 bits per heavy atom. The highest BCUT2D eigenvalue weighted by Crippen LogP contribution is 2.34. The minimum absolute atomic E-state index is 0.125. The molecular formula is C21H36O4. The first-order valence-electron chi connectivity index (χ1n) is 10.0. The van der Waals surface area contributed by atoms with Crippen LogP contribution in [0.5, 0.6) is 0 Å². The predicted molar refractivity (Wildman–Crippen MR) is 100 cm³/mol. The molecule has 0 spiro atoms. The SMILES string of the molecule is CCCCC[C@H](O)/C=C/[C@H]1CCC(=O)C1CCCCCCC(=O)OC. The molecule has 0 aromatic carbocycles. The fraction of sp³-hybridized carbons (Fsp3) is 0.810. The Morgan fingerprint density at radius 1 is 1.24 bits per heavy atom. The van der Waals surface area contributed by atoms with E-state index in [0.29, 0.717) is 24.5 Å². The van der Waals surface area contributed by atoms with Crippen LogP contribution in [0.2, 0.25) is 0 Å². The summed E-state index contributed by atoms with van der Waals surface area (Å²) in [4.78, 5) is 23.2. The normalized spacial score (nSPS) is 21.8. The lowest BCUT2D eigenvalue weighted by Gasteiger charge is -2.15. The summed E-state index contributed by atoms with van der Waals surface area (Å²) in [7, 11) is 1.42. The molecule has 0 bridgehead atoms. The molecular weight excluding hydrogens is 316 g/mol. The molecule has 3 atom stereocenters. The van der Waals surface area contributed by atoms with E-state index in [0.717, 1.165) is 64.2 Å². The summed E-state index contributed by atoms with van der Waals surface area (Å²) in [5, 5.41) is 10.0. The Balaban J connectivity index is 2.26. The Kier molecular flexibility index (Phi) is 11.5. The molecule has 0 heterocycles. The second-order valence-electron chi connectivity index (χ2n) is 7.25. The van der Waals surface area contributed by atoms with Crippen LogP contribution in [-0.2, 0) is 14.3 Å². The molecule has 1 unspecified atom stereocenters. The topological polar surface area (TPSA) is 63.6 Å². The van der Waals surface area contributed by atoms with Gasteiger partial charge in [-0.05, 0) is 31.6 Å². The number of ketones is 1. The Labute approximate surface area is 153 Å². The summed E-state index contributed by atoms with van der Waals surface area (Å²) >= 11 is 0. The van der Waals surface area contributed by atoms with Gasteiger partial charge >= 0.3 is 5.97 Å². The number of aliphatic hydroxyl groups excluding tert-OH is 1. The molecule has 0 aromatic rings. The molecule has 4 nitrogen and oxygen atoms in total. The zero-order valence-corrected chi connectivity index (χ0v) is 16.0. The van der Waals surface area contributed by atoms with Crippen LogP contribution in [0.1, 0.15) is 84.0 Å². The van der Waals surface area contributed by atoms with E-state index in [1.165, 1.54) is 7.11 Å². The zero-order chi connectivity index (χ0) is 18.5. The third-order valence-corrected chi connectivity index (χ3v) is 5.21. The number of Topliss-reactive ketones (excluding diaryl/α,β-unsaturated/α-hetero) is 1. The van der Waals surface area contributed by atoms with Gasteiger partial charge in [-0.3, -0.25) is 9.59 Å². The van der Waals surface area contributed by atoms with Crippen LogP contribution in [-0.4, -0.2) is 30.1 Å². The molecule has 0 aliphatic heterocycles. The van der Waals surface area contributed by atoms with Crippen LogP contribution in [0.15, 0.2) is 12.2 Å². The third kappa shape index (κ3) is 9.20. The number of carbonyl (C=O) groups is 2. The molecule has 0 amide bonds. The lowest BCUT2D eigenvalue weighted by molar-refractivity contribution is -0.140. The van der Waals surface area contributed by atoms with E-state index >= 15 is 0 Å². The van der Waals surface area contributed by atoms with Crippen LogP contribution < -0.4 is 0 Å². The van der Waals surface area contributed by atoms with Crippen molar-refractivity contribution in [2.24, 2.45) is 11.8 Å². The van der Waals surface area contributed by atoms with Crippen molar-refractivity contribution in [1.82, 2.24) is 0 Å². The van der Waals surface area contributed by atoms with Crippen molar-refractivity contribution < 1.29 is 19.4 Å². The third-order valence-electron chi connectivity index (χ3n) is 5.21. The molecule has 0 aromatic heterocycles. The van der Waals surface area contributed by atoms with Gasteiger partial charge in [0.2, 0.25) is 0 Å². The molecule has 144 valence electrons. The summed E-state index contributed by atoms with van der Waals surface area (Å²) in [6.45, 7) is 2.16. The maximum Gasteiger partial charge on any atom is 0.305 e. The number of aliphatic hydroxyl groups is 1.